The first-order chi connectivity index (χ1) is 11.9. The summed E-state index contributed by atoms with van der Waals surface area (Å²) < 4.78 is 28.7. The number of rotatable bonds is 5. The molecule has 7 heteroatoms. The maximum absolute atomic E-state index is 12.7. The Hall–Kier alpha value is -1.99. The molecule has 1 unspecified atom stereocenters. The summed E-state index contributed by atoms with van der Waals surface area (Å²) in [6.45, 7) is 1.23. The average Bonchev–Trinajstić information content (AvgIpc) is 3.22. The number of amides is 1. The number of halogens is 2. The first-order valence-electron chi connectivity index (χ1n) is 8.05. The molecule has 0 radical (unpaired) electrons. The highest BCUT2D eigenvalue weighted by Gasteiger charge is 2.35. The van der Waals surface area contributed by atoms with Crippen LogP contribution in [0.3, 0.4) is 0 Å². The molecule has 3 rings (SSSR count). The predicted octanol–water partition coefficient (Wildman–Crippen LogP) is 3.83. The van der Waals surface area contributed by atoms with Crippen molar-refractivity contribution < 1.29 is 18.3 Å². The van der Waals surface area contributed by atoms with Gasteiger partial charge in [-0.05, 0) is 60.3 Å². The standard InChI is InChI=1S/C18H20F2N2O2S/c1-18(10-21)8-9-22(11-18)16(23)15-7-6-14(25-15)12-2-4-13(5-3-12)24-17(19)20/h2-7,17H,8-11,21H2,1H3. The van der Waals surface area contributed by atoms with Crippen LogP contribution in [0.15, 0.2) is 36.4 Å². The Balaban J connectivity index is 1.71. The Morgan fingerprint density at radius 3 is 2.64 bits per heavy atom. The van der Waals surface area contributed by atoms with Crippen molar-refractivity contribution >= 4 is 17.2 Å². The van der Waals surface area contributed by atoms with Gasteiger partial charge in [0.05, 0.1) is 4.88 Å². The topological polar surface area (TPSA) is 55.6 Å². The Bertz CT molecular complexity index is 748. The Kier molecular flexibility index (Phi) is 5.06. The molecule has 1 atom stereocenters. The smallest absolute Gasteiger partial charge is 0.387 e. The number of likely N-dealkylation sites (tertiary alicyclic amines) is 1. The number of nitrogens with zero attached hydrogens (tertiary/aromatic N) is 1. The van der Waals surface area contributed by atoms with Crippen LogP contribution in [0.5, 0.6) is 5.75 Å². The van der Waals surface area contributed by atoms with Gasteiger partial charge in [-0.25, -0.2) is 0 Å². The van der Waals surface area contributed by atoms with Crippen LogP contribution in [0.1, 0.15) is 23.0 Å². The second-order valence-electron chi connectivity index (χ2n) is 6.56. The molecule has 25 heavy (non-hydrogen) atoms. The normalized spacial score (nSPS) is 20.3. The van der Waals surface area contributed by atoms with E-state index in [0.717, 1.165) is 23.4 Å². The minimum atomic E-state index is -2.84. The molecule has 2 aromatic rings. The highest BCUT2D eigenvalue weighted by molar-refractivity contribution is 7.17. The maximum atomic E-state index is 12.7. The number of thiophene rings is 1. The zero-order chi connectivity index (χ0) is 18.0. The largest absolute Gasteiger partial charge is 0.435 e. The van der Waals surface area contributed by atoms with Crippen molar-refractivity contribution in [3.63, 3.8) is 0 Å². The van der Waals surface area contributed by atoms with E-state index in [4.69, 9.17) is 5.73 Å². The molecule has 1 fully saturated rings. The van der Waals surface area contributed by atoms with Gasteiger partial charge in [-0.2, -0.15) is 8.78 Å². The van der Waals surface area contributed by atoms with Gasteiger partial charge < -0.3 is 15.4 Å². The molecule has 4 nitrogen and oxygen atoms in total. The van der Waals surface area contributed by atoms with Gasteiger partial charge in [-0.1, -0.05) is 6.92 Å². The first-order valence-corrected chi connectivity index (χ1v) is 8.86. The van der Waals surface area contributed by atoms with Gasteiger partial charge in [-0.15, -0.1) is 11.3 Å². The van der Waals surface area contributed by atoms with Gasteiger partial charge >= 0.3 is 6.61 Å². The lowest BCUT2D eigenvalue weighted by molar-refractivity contribution is -0.0498. The molecule has 1 aromatic heterocycles. The molecular weight excluding hydrogens is 346 g/mol. The number of hydrogen-bond acceptors (Lipinski definition) is 4. The fourth-order valence-corrected chi connectivity index (χ4v) is 3.91. The van der Waals surface area contributed by atoms with Crippen LogP contribution in [0.4, 0.5) is 8.78 Å². The second kappa shape index (κ2) is 7.09. The molecule has 134 valence electrons. The number of nitrogens with two attached hydrogens (primary N) is 1. The van der Waals surface area contributed by atoms with Gasteiger partial charge in [0.1, 0.15) is 5.75 Å². The van der Waals surface area contributed by atoms with Crippen LogP contribution in [0.2, 0.25) is 0 Å². The van der Waals surface area contributed by atoms with Crippen LogP contribution in [-0.2, 0) is 0 Å². The van der Waals surface area contributed by atoms with E-state index in [-0.39, 0.29) is 17.1 Å². The molecule has 0 aliphatic carbocycles. The number of ether oxygens (including phenoxy) is 1. The summed E-state index contributed by atoms with van der Waals surface area (Å²) in [7, 11) is 0. The van der Waals surface area contributed by atoms with Gasteiger partial charge in [0.15, 0.2) is 0 Å². The lowest BCUT2D eigenvalue weighted by atomic mass is 9.90. The van der Waals surface area contributed by atoms with Crippen molar-refractivity contribution in [2.75, 3.05) is 19.6 Å². The zero-order valence-electron chi connectivity index (χ0n) is 13.9. The average molecular weight is 366 g/mol. The van der Waals surface area contributed by atoms with E-state index in [1.54, 1.807) is 12.1 Å². The van der Waals surface area contributed by atoms with Crippen molar-refractivity contribution in [2.24, 2.45) is 11.1 Å². The molecule has 1 aromatic carbocycles. The summed E-state index contributed by atoms with van der Waals surface area (Å²) in [5.74, 6) is 0.135. The fourth-order valence-electron chi connectivity index (χ4n) is 2.93. The van der Waals surface area contributed by atoms with Gasteiger partial charge in [0.2, 0.25) is 0 Å². The molecular formula is C18H20F2N2O2S. The molecule has 1 aliphatic rings. The van der Waals surface area contributed by atoms with Crippen molar-refractivity contribution in [1.82, 2.24) is 4.90 Å². The first kappa shape index (κ1) is 17.8. The van der Waals surface area contributed by atoms with Crippen molar-refractivity contribution in [3.05, 3.63) is 41.3 Å². The van der Waals surface area contributed by atoms with E-state index in [0.29, 0.717) is 18.0 Å². The summed E-state index contributed by atoms with van der Waals surface area (Å²) >= 11 is 1.40. The predicted molar refractivity (Wildman–Crippen MR) is 94.1 cm³/mol. The van der Waals surface area contributed by atoms with Crippen LogP contribution >= 0.6 is 11.3 Å². The number of carbonyl (C=O) groups is 1. The SMILES string of the molecule is CC1(CN)CCN(C(=O)c2ccc(-c3ccc(OC(F)F)cc3)s2)C1. The molecule has 0 saturated carbocycles. The molecule has 1 amide bonds. The summed E-state index contributed by atoms with van der Waals surface area (Å²) in [5.41, 5.74) is 6.66. The van der Waals surface area contributed by atoms with Crippen LogP contribution < -0.4 is 10.5 Å². The molecule has 1 aliphatic heterocycles. The van der Waals surface area contributed by atoms with Crippen molar-refractivity contribution in [3.8, 4) is 16.2 Å². The van der Waals surface area contributed by atoms with Gasteiger partial charge in [0.25, 0.3) is 5.91 Å². The number of benzene rings is 1. The lowest BCUT2D eigenvalue weighted by Gasteiger charge is -2.22. The summed E-state index contributed by atoms with van der Waals surface area (Å²) in [6, 6.07) is 10.1. The van der Waals surface area contributed by atoms with Gasteiger partial charge in [-0.3, -0.25) is 4.79 Å². The molecule has 2 N–H and O–H groups in total. The third-order valence-corrected chi connectivity index (χ3v) is 5.64. The molecule has 2 heterocycles. The number of carbonyl (C=O) groups excluding carboxylic acids is 1. The van der Waals surface area contributed by atoms with E-state index in [1.165, 1.54) is 23.5 Å². The number of hydrogen-bond donors (Lipinski definition) is 1. The Morgan fingerprint density at radius 1 is 1.32 bits per heavy atom. The van der Waals surface area contributed by atoms with Gasteiger partial charge in [0, 0.05) is 18.0 Å². The third kappa shape index (κ3) is 3.99. The van der Waals surface area contributed by atoms with E-state index in [1.807, 2.05) is 17.0 Å². The third-order valence-electron chi connectivity index (χ3n) is 4.52. The molecule has 0 bridgehead atoms. The minimum absolute atomic E-state index is 0.00369. The number of alkyl halides is 2. The fraction of sp³-hybridized carbons (Fsp3) is 0.389. The maximum Gasteiger partial charge on any atom is 0.387 e. The van der Waals surface area contributed by atoms with Crippen LogP contribution in [0.25, 0.3) is 10.4 Å². The summed E-state index contributed by atoms with van der Waals surface area (Å²) in [5, 5.41) is 0. The zero-order valence-corrected chi connectivity index (χ0v) is 14.7. The Labute approximate surface area is 149 Å². The highest BCUT2D eigenvalue weighted by Crippen LogP contribution is 2.33. The van der Waals surface area contributed by atoms with Crippen molar-refractivity contribution in [2.45, 2.75) is 20.0 Å². The van der Waals surface area contributed by atoms with Crippen LogP contribution in [-0.4, -0.2) is 37.1 Å². The van der Waals surface area contributed by atoms with E-state index in [2.05, 4.69) is 11.7 Å². The highest BCUT2D eigenvalue weighted by atomic mass is 32.1. The van der Waals surface area contributed by atoms with Crippen LogP contribution in [0, 0.1) is 5.41 Å². The van der Waals surface area contributed by atoms with E-state index >= 15 is 0 Å². The summed E-state index contributed by atoms with van der Waals surface area (Å²) in [4.78, 5) is 16.1. The Morgan fingerprint density at radius 2 is 2.04 bits per heavy atom. The van der Waals surface area contributed by atoms with E-state index in [9.17, 15) is 13.6 Å². The van der Waals surface area contributed by atoms with E-state index < -0.39 is 6.61 Å². The van der Waals surface area contributed by atoms with Crippen molar-refractivity contribution in [1.29, 1.82) is 0 Å². The monoisotopic (exact) mass is 366 g/mol. The molecule has 0 spiro atoms. The quantitative estimate of drug-likeness (QED) is 0.875. The second-order valence-corrected chi connectivity index (χ2v) is 7.64. The molecule has 1 saturated heterocycles. The lowest BCUT2D eigenvalue weighted by Crippen LogP contribution is -2.34. The minimum Gasteiger partial charge on any atom is -0.435 e. The summed E-state index contributed by atoms with van der Waals surface area (Å²) in [6.07, 6.45) is 0.916.